The van der Waals surface area contributed by atoms with Crippen LogP contribution in [0, 0.1) is 13.8 Å². The maximum Gasteiger partial charge on any atom is 0.0654 e. The third-order valence-electron chi connectivity index (χ3n) is 2.54. The molecule has 1 heterocycles. The fourth-order valence-corrected chi connectivity index (χ4v) is 1.94. The van der Waals surface area contributed by atoms with E-state index in [1.165, 1.54) is 5.56 Å². The third-order valence-corrected chi connectivity index (χ3v) is 2.75. The van der Waals surface area contributed by atoms with Gasteiger partial charge in [-0.15, -0.1) is 0 Å². The fraction of sp³-hybridized carbons (Fsp3) is 0.214. The number of rotatable bonds is 3. The molecular weight excluding hydrogens is 228 g/mol. The summed E-state index contributed by atoms with van der Waals surface area (Å²) in [6, 6.07) is 10.4. The Morgan fingerprint density at radius 2 is 2.12 bits per heavy atom. The molecule has 2 aromatic rings. The van der Waals surface area contributed by atoms with Crippen molar-refractivity contribution in [3.05, 3.63) is 53.4 Å². The average molecular weight is 244 g/mol. The van der Waals surface area contributed by atoms with E-state index in [2.05, 4.69) is 55.0 Å². The molecule has 0 fully saturated rings. The summed E-state index contributed by atoms with van der Waals surface area (Å²) in [6.07, 6.45) is 4.10. The van der Waals surface area contributed by atoms with Gasteiger partial charge in [-0.25, -0.2) is 4.68 Å². The van der Waals surface area contributed by atoms with E-state index in [1.54, 1.807) is 0 Å². The lowest BCUT2D eigenvalue weighted by molar-refractivity contribution is 0.833. The summed E-state index contributed by atoms with van der Waals surface area (Å²) in [7, 11) is 0. The second-order valence-electron chi connectivity index (χ2n) is 4.02. The molecule has 0 aliphatic rings. The molecule has 88 valence electrons. The first-order valence-corrected chi connectivity index (χ1v) is 6.25. The van der Waals surface area contributed by atoms with Crippen molar-refractivity contribution in [2.75, 3.05) is 5.75 Å². The molecule has 0 saturated heterocycles. The van der Waals surface area contributed by atoms with Crippen LogP contribution in [0.3, 0.4) is 0 Å². The molecule has 1 aromatic heterocycles. The minimum Gasteiger partial charge on any atom is -0.238 e. The van der Waals surface area contributed by atoms with Gasteiger partial charge in [0.2, 0.25) is 0 Å². The standard InChI is InChI=1S/C14H16N2S/c1-11-9-12(2)16(15-11)14-7-3-5-13(10-14)6-4-8-17/h3-7,9-10,17H,8H2,1-2H3. The van der Waals surface area contributed by atoms with E-state index in [1.807, 2.05) is 23.7 Å². The highest BCUT2D eigenvalue weighted by atomic mass is 32.1. The van der Waals surface area contributed by atoms with E-state index >= 15 is 0 Å². The maximum atomic E-state index is 4.48. The number of benzene rings is 1. The molecule has 0 aliphatic heterocycles. The van der Waals surface area contributed by atoms with Crippen LogP contribution in [0.5, 0.6) is 0 Å². The molecule has 17 heavy (non-hydrogen) atoms. The van der Waals surface area contributed by atoms with Crippen LogP contribution >= 0.6 is 12.6 Å². The number of aryl methyl sites for hydroxylation is 2. The van der Waals surface area contributed by atoms with Crippen LogP contribution in [0.25, 0.3) is 11.8 Å². The van der Waals surface area contributed by atoms with Crippen molar-refractivity contribution in [1.29, 1.82) is 0 Å². The van der Waals surface area contributed by atoms with Gasteiger partial charge in [0.15, 0.2) is 0 Å². The van der Waals surface area contributed by atoms with Gasteiger partial charge in [-0.3, -0.25) is 0 Å². The Morgan fingerprint density at radius 3 is 2.76 bits per heavy atom. The van der Waals surface area contributed by atoms with Crippen molar-refractivity contribution >= 4 is 18.7 Å². The minimum absolute atomic E-state index is 0.754. The van der Waals surface area contributed by atoms with Gasteiger partial charge in [0.1, 0.15) is 0 Å². The molecular formula is C14H16N2S. The number of hydrogen-bond donors (Lipinski definition) is 1. The predicted octanol–water partition coefficient (Wildman–Crippen LogP) is 3.43. The van der Waals surface area contributed by atoms with Crippen LogP contribution in [0.15, 0.2) is 36.4 Å². The summed E-state index contributed by atoms with van der Waals surface area (Å²) in [5.41, 5.74) is 4.46. The lowest BCUT2D eigenvalue weighted by Gasteiger charge is -2.05. The molecule has 0 N–H and O–H groups in total. The number of hydrogen-bond acceptors (Lipinski definition) is 2. The summed E-state index contributed by atoms with van der Waals surface area (Å²) in [6.45, 7) is 4.07. The van der Waals surface area contributed by atoms with Crippen molar-refractivity contribution in [1.82, 2.24) is 9.78 Å². The molecule has 1 aromatic carbocycles. The first kappa shape index (κ1) is 12.0. The zero-order chi connectivity index (χ0) is 12.3. The van der Waals surface area contributed by atoms with Gasteiger partial charge in [-0.2, -0.15) is 17.7 Å². The Balaban J connectivity index is 2.39. The summed E-state index contributed by atoms with van der Waals surface area (Å²) in [4.78, 5) is 0. The largest absolute Gasteiger partial charge is 0.238 e. The highest BCUT2D eigenvalue weighted by Crippen LogP contribution is 2.14. The first-order valence-electron chi connectivity index (χ1n) is 5.62. The minimum atomic E-state index is 0.754. The molecule has 0 radical (unpaired) electrons. The summed E-state index contributed by atoms with van der Waals surface area (Å²) in [5.74, 6) is 0.754. The summed E-state index contributed by atoms with van der Waals surface area (Å²) < 4.78 is 1.97. The van der Waals surface area contributed by atoms with E-state index in [0.717, 1.165) is 22.8 Å². The zero-order valence-corrected chi connectivity index (χ0v) is 11.0. The van der Waals surface area contributed by atoms with Crippen molar-refractivity contribution < 1.29 is 0 Å². The molecule has 0 saturated carbocycles. The SMILES string of the molecule is Cc1cc(C)n(-c2cccc(C=CCS)c2)n1. The lowest BCUT2D eigenvalue weighted by atomic mass is 10.2. The van der Waals surface area contributed by atoms with Crippen LogP contribution in [-0.4, -0.2) is 15.5 Å². The van der Waals surface area contributed by atoms with Crippen LogP contribution in [-0.2, 0) is 0 Å². The van der Waals surface area contributed by atoms with E-state index < -0.39 is 0 Å². The summed E-state index contributed by atoms with van der Waals surface area (Å²) >= 11 is 4.16. The Labute approximate surface area is 107 Å². The molecule has 0 unspecified atom stereocenters. The van der Waals surface area contributed by atoms with Crippen molar-refractivity contribution in [2.24, 2.45) is 0 Å². The lowest BCUT2D eigenvalue weighted by Crippen LogP contribution is -1.98. The topological polar surface area (TPSA) is 17.8 Å². The van der Waals surface area contributed by atoms with Crippen molar-refractivity contribution in [2.45, 2.75) is 13.8 Å². The molecule has 2 rings (SSSR count). The predicted molar refractivity (Wildman–Crippen MR) is 75.9 cm³/mol. The van der Waals surface area contributed by atoms with Crippen LogP contribution in [0.4, 0.5) is 0 Å². The second-order valence-corrected chi connectivity index (χ2v) is 4.38. The Kier molecular flexibility index (Phi) is 3.69. The highest BCUT2D eigenvalue weighted by Gasteiger charge is 2.03. The van der Waals surface area contributed by atoms with Gasteiger partial charge in [-0.05, 0) is 37.6 Å². The fourth-order valence-electron chi connectivity index (χ4n) is 1.84. The normalized spacial score (nSPS) is 11.2. The number of aromatic nitrogens is 2. The molecule has 2 nitrogen and oxygen atoms in total. The smallest absolute Gasteiger partial charge is 0.0654 e. The molecule has 0 spiro atoms. The van der Waals surface area contributed by atoms with Gasteiger partial charge < -0.3 is 0 Å². The van der Waals surface area contributed by atoms with Crippen LogP contribution < -0.4 is 0 Å². The quantitative estimate of drug-likeness (QED) is 0.819. The maximum absolute atomic E-state index is 4.48. The monoisotopic (exact) mass is 244 g/mol. The van der Waals surface area contributed by atoms with Gasteiger partial charge in [-0.1, -0.05) is 24.3 Å². The van der Waals surface area contributed by atoms with Crippen LogP contribution in [0.1, 0.15) is 17.0 Å². The Bertz CT molecular complexity index is 541. The Morgan fingerprint density at radius 1 is 1.29 bits per heavy atom. The van der Waals surface area contributed by atoms with Crippen molar-refractivity contribution in [3.8, 4) is 5.69 Å². The highest BCUT2D eigenvalue weighted by molar-refractivity contribution is 7.80. The van der Waals surface area contributed by atoms with E-state index in [-0.39, 0.29) is 0 Å². The van der Waals surface area contributed by atoms with Crippen molar-refractivity contribution in [3.63, 3.8) is 0 Å². The van der Waals surface area contributed by atoms with Gasteiger partial charge >= 0.3 is 0 Å². The first-order chi connectivity index (χ1) is 8.20. The van der Waals surface area contributed by atoms with Gasteiger partial charge in [0, 0.05) is 11.4 Å². The van der Waals surface area contributed by atoms with Gasteiger partial charge in [0.25, 0.3) is 0 Å². The second kappa shape index (κ2) is 5.23. The molecule has 0 bridgehead atoms. The third kappa shape index (κ3) is 2.80. The molecule has 0 amide bonds. The number of nitrogens with zero attached hydrogens (tertiary/aromatic N) is 2. The van der Waals surface area contributed by atoms with Crippen LogP contribution in [0.2, 0.25) is 0 Å². The Hall–Kier alpha value is -1.48. The number of thiol groups is 1. The zero-order valence-electron chi connectivity index (χ0n) is 10.1. The van der Waals surface area contributed by atoms with Gasteiger partial charge in [0.05, 0.1) is 11.4 Å². The van der Waals surface area contributed by atoms with E-state index in [4.69, 9.17) is 0 Å². The van der Waals surface area contributed by atoms with E-state index in [9.17, 15) is 0 Å². The molecule has 3 heteroatoms. The van der Waals surface area contributed by atoms with E-state index in [0.29, 0.717) is 0 Å². The molecule has 0 aliphatic carbocycles. The average Bonchev–Trinajstić information content (AvgIpc) is 2.66. The summed E-state index contributed by atoms with van der Waals surface area (Å²) in [5, 5.41) is 4.48. The molecule has 0 atom stereocenters.